The van der Waals surface area contributed by atoms with E-state index in [2.05, 4.69) is 0 Å². The fourth-order valence-electron chi connectivity index (χ4n) is 6.07. The van der Waals surface area contributed by atoms with Crippen molar-refractivity contribution in [3.8, 4) is 0 Å². The van der Waals surface area contributed by atoms with Crippen LogP contribution >= 0.6 is 10.3 Å². The molecular weight excluding hydrogens is 625 g/mol. The van der Waals surface area contributed by atoms with Crippen LogP contribution in [0.1, 0.15) is 77.0 Å². The van der Waals surface area contributed by atoms with Crippen LogP contribution in [0.5, 0.6) is 0 Å². The summed E-state index contributed by atoms with van der Waals surface area (Å²) in [6, 6.07) is 0. The molecular formula is C23H27F15O2S. The van der Waals surface area contributed by atoms with Crippen LogP contribution in [0.15, 0.2) is 0 Å². The van der Waals surface area contributed by atoms with Crippen LogP contribution in [0.3, 0.4) is 0 Å². The molecule has 41 heavy (non-hydrogen) atoms. The van der Waals surface area contributed by atoms with Crippen molar-refractivity contribution in [2.24, 2.45) is 0 Å². The topological polar surface area (TPSA) is 26.3 Å². The minimum atomic E-state index is -8.43. The minimum Gasteiger partial charge on any atom is -0.410 e. The van der Waals surface area contributed by atoms with Gasteiger partial charge in [0.1, 0.15) is 0 Å². The fourth-order valence-corrected chi connectivity index (χ4v) is 11.7. The molecule has 2 nitrogen and oxygen atoms in total. The van der Waals surface area contributed by atoms with E-state index in [0.29, 0.717) is 77.0 Å². The molecule has 3 aliphatic carbocycles. The number of carbonyl (C=O) groups is 1. The standard InChI is InChI=1S/C23H27F15O2S/c24-17(25,18(26,27)19(28,29)20(30,31)21(32,33)22(34,35)23(36,37)38)16(39)40-41(13-7-1-2-8-13,14-9-3-4-10-14)15-11-5-6-12-15/h13-15H,1-12H2. The van der Waals surface area contributed by atoms with Gasteiger partial charge in [-0.3, -0.25) is 0 Å². The van der Waals surface area contributed by atoms with Crippen LogP contribution in [0.25, 0.3) is 0 Å². The Labute approximate surface area is 226 Å². The van der Waals surface area contributed by atoms with Crippen molar-refractivity contribution in [3.05, 3.63) is 0 Å². The molecule has 0 atom stereocenters. The summed E-state index contributed by atoms with van der Waals surface area (Å²) in [6.45, 7) is 0. The number of halogens is 15. The summed E-state index contributed by atoms with van der Waals surface area (Å²) in [7, 11) is -3.14. The molecule has 0 aromatic rings. The molecule has 0 saturated heterocycles. The Kier molecular flexibility index (Phi) is 8.97. The monoisotopic (exact) mass is 652 g/mol. The van der Waals surface area contributed by atoms with Crippen molar-refractivity contribution < 1.29 is 74.8 Å². The van der Waals surface area contributed by atoms with E-state index >= 15 is 0 Å². The van der Waals surface area contributed by atoms with Crippen LogP contribution in [0.2, 0.25) is 0 Å². The number of alkyl halides is 15. The SMILES string of the molecule is O=C(OS(C1CCCC1)(C1CCCC1)C1CCCC1)C(F)(F)C(F)(F)C(F)(F)C(F)(F)C(F)(F)C(F)(F)C(F)(F)F. The van der Waals surface area contributed by atoms with Crippen LogP contribution in [0.4, 0.5) is 65.9 Å². The van der Waals surface area contributed by atoms with Gasteiger partial charge in [-0.1, -0.05) is 48.8 Å². The van der Waals surface area contributed by atoms with Crippen molar-refractivity contribution in [1.82, 2.24) is 0 Å². The quantitative estimate of drug-likeness (QED) is 0.220. The lowest BCUT2D eigenvalue weighted by molar-refractivity contribution is -0.450. The van der Waals surface area contributed by atoms with Crippen molar-refractivity contribution >= 4 is 16.3 Å². The number of carbonyl (C=O) groups excluding carboxylic acids is 1. The van der Waals surface area contributed by atoms with Crippen LogP contribution in [-0.4, -0.2) is 63.4 Å². The van der Waals surface area contributed by atoms with Gasteiger partial charge in [0, 0.05) is 15.7 Å². The van der Waals surface area contributed by atoms with Crippen molar-refractivity contribution in [1.29, 1.82) is 0 Å². The Hall–Kier alpha value is -1.23. The summed E-state index contributed by atoms with van der Waals surface area (Å²) in [5.41, 5.74) is 0. The number of hydrogen-bond donors (Lipinski definition) is 0. The first-order valence-electron chi connectivity index (χ1n) is 12.8. The molecule has 0 unspecified atom stereocenters. The minimum absolute atomic E-state index is 0.296. The molecule has 0 aromatic heterocycles. The third-order valence-electron chi connectivity index (χ3n) is 8.27. The summed E-state index contributed by atoms with van der Waals surface area (Å²) in [5.74, 6) is -51.5. The van der Waals surface area contributed by atoms with Gasteiger partial charge in [-0.2, -0.15) is 65.9 Å². The molecule has 0 spiro atoms. The third kappa shape index (κ3) is 4.96. The highest BCUT2D eigenvalue weighted by molar-refractivity contribution is 8.31. The average Bonchev–Trinajstić information content (AvgIpc) is 3.64. The molecule has 0 bridgehead atoms. The Bertz CT molecular complexity index is 906. The van der Waals surface area contributed by atoms with E-state index in [4.69, 9.17) is 4.18 Å². The second-order valence-corrected chi connectivity index (χ2v) is 14.3. The van der Waals surface area contributed by atoms with Gasteiger partial charge in [0.05, 0.1) is 0 Å². The van der Waals surface area contributed by atoms with Gasteiger partial charge in [-0.15, -0.1) is 0 Å². The van der Waals surface area contributed by atoms with Gasteiger partial charge < -0.3 is 4.18 Å². The maximum Gasteiger partial charge on any atom is 0.460 e. The molecule has 0 radical (unpaired) electrons. The van der Waals surface area contributed by atoms with E-state index in [0.717, 1.165) is 0 Å². The predicted molar refractivity (Wildman–Crippen MR) is 116 cm³/mol. The molecule has 0 N–H and O–H groups in total. The molecule has 0 aliphatic heterocycles. The van der Waals surface area contributed by atoms with E-state index in [1.54, 1.807) is 0 Å². The molecule has 242 valence electrons. The van der Waals surface area contributed by atoms with Gasteiger partial charge in [-0.25, -0.2) is 4.79 Å². The summed E-state index contributed by atoms with van der Waals surface area (Å²) < 4.78 is 210. The van der Waals surface area contributed by atoms with Crippen molar-refractivity contribution in [3.63, 3.8) is 0 Å². The smallest absolute Gasteiger partial charge is 0.410 e. The van der Waals surface area contributed by atoms with Crippen LogP contribution < -0.4 is 0 Å². The largest absolute Gasteiger partial charge is 0.460 e. The second-order valence-electron chi connectivity index (χ2n) is 10.7. The normalized spacial score (nSPS) is 22.5. The zero-order valence-electron chi connectivity index (χ0n) is 21.1. The summed E-state index contributed by atoms with van der Waals surface area (Å²) >= 11 is 0. The van der Waals surface area contributed by atoms with Crippen molar-refractivity contribution in [2.45, 2.75) is 135 Å². The molecule has 0 amide bonds. The zero-order chi connectivity index (χ0) is 31.5. The maximum absolute atomic E-state index is 14.9. The highest BCUT2D eigenvalue weighted by atomic mass is 32.3. The number of hydrogen-bond acceptors (Lipinski definition) is 2. The molecule has 3 aliphatic rings. The lowest BCUT2D eigenvalue weighted by Crippen LogP contribution is -2.73. The van der Waals surface area contributed by atoms with Crippen LogP contribution in [-0.2, 0) is 8.98 Å². The van der Waals surface area contributed by atoms with E-state index in [-0.39, 0.29) is 0 Å². The molecule has 0 heterocycles. The van der Waals surface area contributed by atoms with Gasteiger partial charge >= 0.3 is 47.7 Å². The fraction of sp³-hybridized carbons (Fsp3) is 0.957. The molecule has 3 fully saturated rings. The van der Waals surface area contributed by atoms with E-state index in [1.165, 1.54) is 0 Å². The highest BCUT2D eigenvalue weighted by Gasteiger charge is 2.94. The van der Waals surface area contributed by atoms with Crippen LogP contribution in [0, 0.1) is 0 Å². The first-order valence-corrected chi connectivity index (χ1v) is 14.6. The van der Waals surface area contributed by atoms with Gasteiger partial charge in [0.2, 0.25) is 0 Å². The third-order valence-corrected chi connectivity index (χ3v) is 13.3. The lowest BCUT2D eigenvalue weighted by atomic mass is 9.91. The predicted octanol–water partition coefficient (Wildman–Crippen LogP) is 9.45. The lowest BCUT2D eigenvalue weighted by Gasteiger charge is -2.53. The Morgan fingerprint density at radius 3 is 1.02 bits per heavy atom. The zero-order valence-corrected chi connectivity index (χ0v) is 21.9. The number of rotatable bonds is 10. The maximum atomic E-state index is 14.9. The van der Waals surface area contributed by atoms with Gasteiger partial charge in [0.25, 0.3) is 0 Å². The molecule has 18 heteroatoms. The summed E-state index contributed by atoms with van der Waals surface area (Å²) in [4.78, 5) is 12.7. The molecule has 3 saturated carbocycles. The van der Waals surface area contributed by atoms with E-state index in [1.807, 2.05) is 0 Å². The molecule has 0 aromatic carbocycles. The van der Waals surface area contributed by atoms with Crippen molar-refractivity contribution in [2.75, 3.05) is 0 Å². The second kappa shape index (κ2) is 10.7. The summed E-state index contributed by atoms with van der Waals surface area (Å²) in [5, 5.41) is -1.88. The summed E-state index contributed by atoms with van der Waals surface area (Å²) in [6.07, 6.45) is -2.76. The Balaban J connectivity index is 2.06. The Morgan fingerprint density at radius 2 is 0.732 bits per heavy atom. The average molecular weight is 653 g/mol. The first kappa shape index (κ1) is 34.3. The highest BCUT2D eigenvalue weighted by Crippen LogP contribution is 2.72. The van der Waals surface area contributed by atoms with E-state index < -0.39 is 73.7 Å². The van der Waals surface area contributed by atoms with Gasteiger partial charge in [0.15, 0.2) is 0 Å². The van der Waals surface area contributed by atoms with Gasteiger partial charge in [-0.05, 0) is 38.5 Å². The Morgan fingerprint density at radius 1 is 0.463 bits per heavy atom. The molecule has 3 rings (SSSR count). The first-order chi connectivity index (χ1) is 18.4. The van der Waals surface area contributed by atoms with E-state index in [9.17, 15) is 70.7 Å².